The normalized spacial score (nSPS) is 11.2. The summed E-state index contributed by atoms with van der Waals surface area (Å²) < 4.78 is 9.46. The Morgan fingerprint density at radius 2 is 0.860 bits per heavy atom. The fourth-order valence-corrected chi connectivity index (χ4v) is 6.97. The number of nitrogens with zero attached hydrogens (tertiary/aromatic N) is 2. The maximum absolute atomic E-state index is 7.23. The number of aromatic nitrogens is 2. The second kappa shape index (κ2) is 12.7. The molecule has 2 aromatic heterocycles. The first-order valence-electron chi connectivity index (χ1n) is 16.9. The van der Waals surface area contributed by atoms with Crippen molar-refractivity contribution in [2.24, 2.45) is 0 Å². The Morgan fingerprint density at radius 1 is 0.380 bits per heavy atom. The highest BCUT2D eigenvalue weighted by atomic mass is 16.3. The van der Waals surface area contributed by atoms with Crippen molar-refractivity contribution < 1.29 is 4.42 Å². The molecule has 0 spiro atoms. The van der Waals surface area contributed by atoms with Gasteiger partial charge in [-0.1, -0.05) is 182 Å². The number of hydrogen-bond acceptors (Lipinski definition) is 2. The van der Waals surface area contributed by atoms with E-state index in [2.05, 4.69) is 187 Å². The molecule has 0 saturated heterocycles. The summed E-state index contributed by atoms with van der Waals surface area (Å²) in [4.78, 5) is 5.26. The van der Waals surface area contributed by atoms with Crippen LogP contribution in [0.5, 0.6) is 0 Å². The molecule has 9 aromatic rings. The van der Waals surface area contributed by atoms with Crippen LogP contribution < -0.4 is 0 Å². The first-order valence-corrected chi connectivity index (χ1v) is 16.9. The van der Waals surface area contributed by atoms with Crippen LogP contribution in [0, 0.1) is 0 Å². The smallest absolute Gasteiger partial charge is 0.145 e. The lowest BCUT2D eigenvalue weighted by Gasteiger charge is -2.17. The lowest BCUT2D eigenvalue weighted by molar-refractivity contribution is 0.602. The maximum Gasteiger partial charge on any atom is 0.145 e. The molecule has 0 atom stereocenters. The van der Waals surface area contributed by atoms with Gasteiger partial charge in [-0.25, -0.2) is 4.98 Å². The molecule has 3 nitrogen and oxygen atoms in total. The molecule has 0 radical (unpaired) electrons. The molecule has 0 saturated carbocycles. The fraction of sp³-hybridized carbons (Fsp3) is 0. The van der Waals surface area contributed by atoms with E-state index in [9.17, 15) is 0 Å². The molecule has 9 rings (SSSR count). The van der Waals surface area contributed by atoms with Crippen LogP contribution >= 0.6 is 0 Å². The summed E-state index contributed by atoms with van der Waals surface area (Å²) in [6.07, 6.45) is 2.15. The van der Waals surface area contributed by atoms with E-state index in [-0.39, 0.29) is 0 Å². The summed E-state index contributed by atoms with van der Waals surface area (Å²) in [5.41, 5.74) is 10.5. The Morgan fingerprint density at radius 3 is 1.50 bits per heavy atom. The maximum atomic E-state index is 7.23. The van der Waals surface area contributed by atoms with Crippen LogP contribution in [-0.2, 0) is 0 Å². The number of hydrogen-bond donors (Lipinski definition) is 0. The van der Waals surface area contributed by atoms with E-state index in [0.29, 0.717) is 0 Å². The van der Waals surface area contributed by atoms with Crippen LogP contribution in [0.2, 0.25) is 0 Å². The summed E-state index contributed by atoms with van der Waals surface area (Å²) >= 11 is 0. The molecule has 7 aromatic carbocycles. The number of fused-ring (bicyclic) bond motifs is 1. The molecule has 0 unspecified atom stereocenters. The molecule has 0 fully saturated rings. The second-order valence-corrected chi connectivity index (χ2v) is 12.3. The largest absolute Gasteiger partial charge is 0.455 e. The van der Waals surface area contributed by atoms with E-state index in [0.717, 1.165) is 84.0 Å². The Bertz CT molecular complexity index is 2570. The van der Waals surface area contributed by atoms with Gasteiger partial charge in [-0.3, -0.25) is 4.57 Å². The molecule has 50 heavy (non-hydrogen) atoms. The van der Waals surface area contributed by atoms with E-state index in [1.807, 2.05) is 12.1 Å². The van der Waals surface area contributed by atoms with Gasteiger partial charge in [0, 0.05) is 39.2 Å². The van der Waals surface area contributed by atoms with Gasteiger partial charge < -0.3 is 4.42 Å². The van der Waals surface area contributed by atoms with E-state index in [1.54, 1.807) is 0 Å². The van der Waals surface area contributed by atoms with Gasteiger partial charge in [0.15, 0.2) is 0 Å². The molecular weight excluding hydrogens is 609 g/mol. The predicted molar refractivity (Wildman–Crippen MR) is 206 cm³/mol. The van der Waals surface area contributed by atoms with Crippen molar-refractivity contribution in [2.75, 3.05) is 0 Å². The standard InChI is InChI=1S/C47H32N2O/c1-5-18-33(19-6-1)37-26-13-14-27-39(37)45-40-28-15-16-29-41(40)46(50-45)44-38(34-20-7-2-8-21-34)30-17-31-43(44)49-32-42(35-22-9-3-10-23-35)48-47(49)36-24-11-4-12-25-36/h1-32H. The molecule has 0 aliphatic carbocycles. The van der Waals surface area contributed by atoms with Gasteiger partial charge in [0.25, 0.3) is 0 Å². The predicted octanol–water partition coefficient (Wildman–Crippen LogP) is 12.6. The van der Waals surface area contributed by atoms with Crippen LogP contribution in [0.4, 0.5) is 0 Å². The first-order chi connectivity index (χ1) is 24.8. The van der Waals surface area contributed by atoms with Gasteiger partial charge in [0.05, 0.1) is 11.4 Å². The van der Waals surface area contributed by atoms with Gasteiger partial charge in [-0.2, -0.15) is 0 Å². The monoisotopic (exact) mass is 640 g/mol. The van der Waals surface area contributed by atoms with Crippen LogP contribution in [0.15, 0.2) is 199 Å². The van der Waals surface area contributed by atoms with Gasteiger partial charge >= 0.3 is 0 Å². The Hall–Kier alpha value is -6.71. The zero-order chi connectivity index (χ0) is 33.3. The summed E-state index contributed by atoms with van der Waals surface area (Å²) in [6, 6.07) is 65.5. The van der Waals surface area contributed by atoms with Gasteiger partial charge in [0.2, 0.25) is 0 Å². The van der Waals surface area contributed by atoms with Gasteiger partial charge in [-0.15, -0.1) is 0 Å². The van der Waals surface area contributed by atoms with Crippen molar-refractivity contribution in [3.8, 4) is 73.2 Å². The molecule has 0 aliphatic heterocycles. The van der Waals surface area contributed by atoms with E-state index in [4.69, 9.17) is 9.40 Å². The third-order valence-electron chi connectivity index (χ3n) is 9.30. The highest BCUT2D eigenvalue weighted by Crippen LogP contribution is 2.47. The number of furan rings is 1. The molecule has 236 valence electrons. The number of imidazole rings is 1. The van der Waals surface area contributed by atoms with Crippen LogP contribution in [0.1, 0.15) is 0 Å². The molecule has 0 amide bonds. The summed E-state index contributed by atoms with van der Waals surface area (Å²) in [5.74, 6) is 2.53. The molecule has 2 heterocycles. The fourth-order valence-electron chi connectivity index (χ4n) is 6.97. The zero-order valence-corrected chi connectivity index (χ0v) is 27.3. The molecule has 3 heteroatoms. The minimum Gasteiger partial charge on any atom is -0.455 e. The van der Waals surface area contributed by atoms with Gasteiger partial charge in [0.1, 0.15) is 17.3 Å². The second-order valence-electron chi connectivity index (χ2n) is 12.3. The number of benzene rings is 7. The Balaban J connectivity index is 1.35. The highest BCUT2D eigenvalue weighted by Gasteiger charge is 2.25. The van der Waals surface area contributed by atoms with Crippen LogP contribution in [0.25, 0.3) is 84.0 Å². The van der Waals surface area contributed by atoms with E-state index >= 15 is 0 Å². The van der Waals surface area contributed by atoms with Crippen LogP contribution in [-0.4, -0.2) is 9.55 Å². The Kier molecular flexibility index (Phi) is 7.49. The van der Waals surface area contributed by atoms with Crippen molar-refractivity contribution in [2.45, 2.75) is 0 Å². The third-order valence-corrected chi connectivity index (χ3v) is 9.30. The topological polar surface area (TPSA) is 31.0 Å². The summed E-state index contributed by atoms with van der Waals surface area (Å²) in [7, 11) is 0. The van der Waals surface area contributed by atoms with Crippen molar-refractivity contribution in [1.82, 2.24) is 9.55 Å². The number of rotatable bonds is 7. The third kappa shape index (κ3) is 5.22. The lowest BCUT2D eigenvalue weighted by Crippen LogP contribution is -2.00. The average Bonchev–Trinajstić information content (AvgIpc) is 3.82. The molecular formula is C47H32N2O. The summed E-state index contributed by atoms with van der Waals surface area (Å²) in [6.45, 7) is 0. The van der Waals surface area contributed by atoms with Crippen LogP contribution in [0.3, 0.4) is 0 Å². The van der Waals surface area contributed by atoms with E-state index in [1.165, 1.54) is 0 Å². The van der Waals surface area contributed by atoms with Crippen molar-refractivity contribution in [3.63, 3.8) is 0 Å². The zero-order valence-electron chi connectivity index (χ0n) is 27.3. The first kappa shape index (κ1) is 29.4. The molecule has 0 bridgehead atoms. The summed E-state index contributed by atoms with van der Waals surface area (Å²) in [5, 5.41) is 2.12. The minimum absolute atomic E-state index is 0.821. The van der Waals surface area contributed by atoms with Gasteiger partial charge in [-0.05, 0) is 28.3 Å². The quantitative estimate of drug-likeness (QED) is 0.174. The van der Waals surface area contributed by atoms with E-state index < -0.39 is 0 Å². The average molecular weight is 641 g/mol. The Labute approximate surface area is 291 Å². The minimum atomic E-state index is 0.821. The van der Waals surface area contributed by atoms with Crippen molar-refractivity contribution >= 4 is 10.8 Å². The molecule has 0 N–H and O–H groups in total. The van der Waals surface area contributed by atoms with Crippen molar-refractivity contribution in [1.29, 1.82) is 0 Å². The van der Waals surface area contributed by atoms with Crippen molar-refractivity contribution in [3.05, 3.63) is 194 Å². The SMILES string of the molecule is c1ccc(-c2cn(-c3cccc(-c4ccccc4)c3-c3oc(-c4ccccc4-c4ccccc4)c4ccccc34)c(-c3ccccc3)n2)cc1. The highest BCUT2D eigenvalue weighted by molar-refractivity contribution is 6.07. The molecule has 0 aliphatic rings. The lowest BCUT2D eigenvalue weighted by atomic mass is 9.94.